The van der Waals surface area contributed by atoms with Gasteiger partial charge in [0.1, 0.15) is 17.3 Å². The number of hydrogen-bond donors (Lipinski definition) is 0. The van der Waals surface area contributed by atoms with Gasteiger partial charge >= 0.3 is 0 Å². The maximum atomic E-state index is 6.07. The minimum absolute atomic E-state index is 0.511. The topological polar surface area (TPSA) is 29.0 Å². The predicted octanol–water partition coefficient (Wildman–Crippen LogP) is 4.05. The van der Waals surface area contributed by atoms with E-state index in [4.69, 9.17) is 11.6 Å². The first-order valence-corrected chi connectivity index (χ1v) is 7.87. The van der Waals surface area contributed by atoms with Gasteiger partial charge in [-0.3, -0.25) is 0 Å². The third-order valence-corrected chi connectivity index (χ3v) is 5.49. The highest BCUT2D eigenvalue weighted by Gasteiger charge is 2.35. The molecule has 0 bridgehead atoms. The lowest BCUT2D eigenvalue weighted by molar-refractivity contribution is 0.429. The Balaban J connectivity index is 1.87. The zero-order valence-corrected chi connectivity index (χ0v) is 12.6. The van der Waals surface area contributed by atoms with Crippen molar-refractivity contribution in [1.82, 2.24) is 9.97 Å². The molecular formula is C13H17BrClN3. The first-order valence-electron chi connectivity index (χ1n) is 6.70. The maximum absolute atomic E-state index is 6.07. The van der Waals surface area contributed by atoms with Gasteiger partial charge in [-0.1, -0.05) is 24.4 Å². The zero-order chi connectivity index (χ0) is 12.5. The largest absolute Gasteiger partial charge is 0.352 e. The van der Waals surface area contributed by atoms with Crippen molar-refractivity contribution in [2.75, 3.05) is 11.4 Å². The molecule has 1 aliphatic heterocycles. The van der Waals surface area contributed by atoms with E-state index in [0.717, 1.165) is 22.8 Å². The van der Waals surface area contributed by atoms with Crippen LogP contribution < -0.4 is 4.90 Å². The van der Waals surface area contributed by atoms with E-state index in [2.05, 4.69) is 30.8 Å². The fraction of sp³-hybridized carbons (Fsp3) is 0.692. The van der Waals surface area contributed by atoms with Gasteiger partial charge in [-0.25, -0.2) is 9.97 Å². The molecule has 1 atom stereocenters. The fourth-order valence-electron chi connectivity index (χ4n) is 3.43. The van der Waals surface area contributed by atoms with Crippen LogP contribution in [0.1, 0.15) is 38.5 Å². The molecule has 1 aromatic rings. The van der Waals surface area contributed by atoms with Gasteiger partial charge in [0.25, 0.3) is 0 Å². The summed E-state index contributed by atoms with van der Waals surface area (Å²) in [7, 11) is 0. The second-order valence-corrected chi connectivity index (χ2v) is 6.40. The van der Waals surface area contributed by atoms with E-state index >= 15 is 0 Å². The van der Waals surface area contributed by atoms with E-state index in [1.807, 2.05) is 0 Å². The smallest absolute Gasteiger partial charge is 0.148 e. The molecule has 0 aromatic carbocycles. The summed E-state index contributed by atoms with van der Waals surface area (Å²) in [6.07, 6.45) is 9.64. The maximum Gasteiger partial charge on any atom is 0.148 e. The predicted molar refractivity (Wildman–Crippen MR) is 77.1 cm³/mol. The van der Waals surface area contributed by atoms with Crippen LogP contribution in [0.2, 0.25) is 5.15 Å². The lowest BCUT2D eigenvalue weighted by atomic mass is 9.96. The second-order valence-electron chi connectivity index (χ2n) is 5.25. The molecule has 1 unspecified atom stereocenters. The van der Waals surface area contributed by atoms with Gasteiger partial charge in [0.15, 0.2) is 0 Å². The quantitative estimate of drug-likeness (QED) is 0.766. The third kappa shape index (κ3) is 2.25. The summed E-state index contributed by atoms with van der Waals surface area (Å²) in [5.41, 5.74) is 0. The average molecular weight is 331 g/mol. The van der Waals surface area contributed by atoms with Crippen LogP contribution >= 0.6 is 27.5 Å². The number of anilines is 1. The lowest BCUT2D eigenvalue weighted by Crippen LogP contribution is -2.35. The van der Waals surface area contributed by atoms with Gasteiger partial charge in [-0.05, 0) is 47.5 Å². The van der Waals surface area contributed by atoms with Crippen molar-refractivity contribution in [2.24, 2.45) is 5.92 Å². The number of nitrogens with zero attached hydrogens (tertiary/aromatic N) is 3. The standard InChI is InChI=1S/C13H17BrClN3/c14-11-12(15)16-8-17-13(11)18-7-3-6-10(18)9-4-1-2-5-9/h8-10H,1-7H2. The van der Waals surface area contributed by atoms with Gasteiger partial charge < -0.3 is 4.90 Å². The van der Waals surface area contributed by atoms with Crippen molar-refractivity contribution in [2.45, 2.75) is 44.6 Å². The van der Waals surface area contributed by atoms with E-state index in [1.165, 1.54) is 38.5 Å². The molecule has 18 heavy (non-hydrogen) atoms. The van der Waals surface area contributed by atoms with Gasteiger partial charge in [-0.15, -0.1) is 0 Å². The SMILES string of the molecule is Clc1ncnc(N2CCCC2C2CCCC2)c1Br. The molecule has 3 nitrogen and oxygen atoms in total. The van der Waals surface area contributed by atoms with Crippen molar-refractivity contribution in [3.05, 3.63) is 16.0 Å². The van der Waals surface area contributed by atoms with Crippen LogP contribution in [-0.4, -0.2) is 22.6 Å². The van der Waals surface area contributed by atoms with Crippen molar-refractivity contribution < 1.29 is 0 Å². The van der Waals surface area contributed by atoms with Crippen molar-refractivity contribution >= 4 is 33.3 Å². The number of aromatic nitrogens is 2. The third-order valence-electron chi connectivity index (χ3n) is 4.24. The molecule has 0 amide bonds. The molecule has 2 fully saturated rings. The van der Waals surface area contributed by atoms with Crippen molar-refractivity contribution in [1.29, 1.82) is 0 Å². The van der Waals surface area contributed by atoms with Crippen LogP contribution in [0.4, 0.5) is 5.82 Å². The molecule has 2 aliphatic rings. The van der Waals surface area contributed by atoms with Gasteiger partial charge in [0.05, 0.1) is 4.47 Å². The molecule has 1 saturated heterocycles. The Morgan fingerprint density at radius 2 is 1.94 bits per heavy atom. The summed E-state index contributed by atoms with van der Waals surface area (Å²) < 4.78 is 0.844. The summed E-state index contributed by atoms with van der Waals surface area (Å²) in [5.74, 6) is 1.82. The molecule has 1 aliphatic carbocycles. The number of rotatable bonds is 2. The molecule has 1 aromatic heterocycles. The summed E-state index contributed by atoms with van der Waals surface area (Å²) in [5, 5.41) is 0.511. The lowest BCUT2D eigenvalue weighted by Gasteiger charge is -2.30. The second kappa shape index (κ2) is 5.33. The van der Waals surface area contributed by atoms with Crippen LogP contribution in [0.15, 0.2) is 10.8 Å². The summed E-state index contributed by atoms with van der Waals surface area (Å²) in [4.78, 5) is 10.9. The average Bonchev–Trinajstić information content (AvgIpc) is 3.01. The molecule has 0 spiro atoms. The van der Waals surface area contributed by atoms with Crippen molar-refractivity contribution in [3.8, 4) is 0 Å². The Morgan fingerprint density at radius 3 is 2.72 bits per heavy atom. The van der Waals surface area contributed by atoms with Crippen molar-refractivity contribution in [3.63, 3.8) is 0 Å². The molecule has 1 saturated carbocycles. The molecule has 0 radical (unpaired) electrons. The Kier molecular flexibility index (Phi) is 3.76. The van der Waals surface area contributed by atoms with E-state index in [9.17, 15) is 0 Å². The Morgan fingerprint density at radius 1 is 1.17 bits per heavy atom. The summed E-state index contributed by atoms with van der Waals surface area (Å²) in [6, 6.07) is 0.648. The van der Waals surface area contributed by atoms with E-state index in [0.29, 0.717) is 11.2 Å². The van der Waals surface area contributed by atoms with Crippen LogP contribution in [0.25, 0.3) is 0 Å². The first kappa shape index (κ1) is 12.7. The minimum atomic E-state index is 0.511. The van der Waals surface area contributed by atoms with Gasteiger partial charge in [0, 0.05) is 12.6 Å². The van der Waals surface area contributed by atoms with E-state index < -0.39 is 0 Å². The number of halogens is 2. The van der Waals surface area contributed by atoms with Crippen LogP contribution in [-0.2, 0) is 0 Å². The molecule has 98 valence electrons. The Hall–Kier alpha value is -0.350. The minimum Gasteiger partial charge on any atom is -0.352 e. The molecule has 2 heterocycles. The highest BCUT2D eigenvalue weighted by molar-refractivity contribution is 9.10. The Bertz CT molecular complexity index is 434. The molecular weight excluding hydrogens is 314 g/mol. The highest BCUT2D eigenvalue weighted by atomic mass is 79.9. The van der Waals surface area contributed by atoms with Crippen LogP contribution in [0.3, 0.4) is 0 Å². The van der Waals surface area contributed by atoms with E-state index in [-0.39, 0.29) is 0 Å². The normalized spacial score (nSPS) is 25.0. The molecule has 3 rings (SSSR count). The summed E-state index contributed by atoms with van der Waals surface area (Å²) >= 11 is 9.60. The zero-order valence-electron chi connectivity index (χ0n) is 10.3. The molecule has 5 heteroatoms. The van der Waals surface area contributed by atoms with Crippen LogP contribution in [0.5, 0.6) is 0 Å². The monoisotopic (exact) mass is 329 g/mol. The summed E-state index contributed by atoms with van der Waals surface area (Å²) in [6.45, 7) is 1.09. The fourth-order valence-corrected chi connectivity index (χ4v) is 3.99. The van der Waals surface area contributed by atoms with E-state index in [1.54, 1.807) is 6.33 Å². The van der Waals surface area contributed by atoms with Crippen LogP contribution in [0, 0.1) is 5.92 Å². The molecule has 0 N–H and O–H groups in total. The Labute approximate surface area is 121 Å². The van der Waals surface area contributed by atoms with Gasteiger partial charge in [0.2, 0.25) is 0 Å². The first-order chi connectivity index (χ1) is 8.77. The number of hydrogen-bond acceptors (Lipinski definition) is 3. The van der Waals surface area contributed by atoms with Gasteiger partial charge in [-0.2, -0.15) is 0 Å². The highest BCUT2D eigenvalue weighted by Crippen LogP contribution is 2.40.